The van der Waals surface area contributed by atoms with Crippen molar-refractivity contribution < 1.29 is 4.39 Å². The van der Waals surface area contributed by atoms with Crippen molar-refractivity contribution in [2.75, 3.05) is 11.9 Å². The summed E-state index contributed by atoms with van der Waals surface area (Å²) in [5.74, 6) is 0.702. The molecule has 0 spiro atoms. The van der Waals surface area contributed by atoms with E-state index in [0.29, 0.717) is 17.4 Å². The molecule has 2 aromatic heterocycles. The monoisotopic (exact) mass is 276 g/mol. The number of aromatic nitrogens is 3. The lowest BCUT2D eigenvalue weighted by Crippen LogP contribution is -2.10. The Kier molecular flexibility index (Phi) is 3.16. The smallest absolute Gasteiger partial charge is 0.201 e. The van der Waals surface area contributed by atoms with Gasteiger partial charge in [0.25, 0.3) is 0 Å². The normalized spacial score (nSPS) is 12.7. The highest BCUT2D eigenvalue weighted by molar-refractivity contribution is 7.09. The van der Waals surface area contributed by atoms with Crippen molar-refractivity contribution >= 4 is 28.3 Å². The standard InChI is InChI=1S/C13H13FN4S/c1-8(12-15-4-5-19-12)7-16-13-17-10-3-2-9(14)6-11(10)18-13/h2-6,8H,7H2,1H3,(H2,16,17,18). The largest absolute Gasteiger partial charge is 0.355 e. The molecule has 1 unspecified atom stereocenters. The second kappa shape index (κ2) is 4.97. The molecule has 0 saturated heterocycles. The molecule has 3 aromatic rings. The van der Waals surface area contributed by atoms with Crippen LogP contribution in [-0.2, 0) is 0 Å². The van der Waals surface area contributed by atoms with Crippen molar-refractivity contribution in [1.29, 1.82) is 0 Å². The molecule has 4 nitrogen and oxygen atoms in total. The maximum absolute atomic E-state index is 13.1. The van der Waals surface area contributed by atoms with Crippen LogP contribution in [0, 0.1) is 5.82 Å². The number of halogens is 1. The molecule has 0 aliphatic carbocycles. The molecule has 0 fully saturated rings. The van der Waals surface area contributed by atoms with E-state index >= 15 is 0 Å². The summed E-state index contributed by atoms with van der Waals surface area (Å²) in [4.78, 5) is 11.7. The Balaban J connectivity index is 1.71. The first kappa shape index (κ1) is 12.1. The van der Waals surface area contributed by atoms with E-state index in [-0.39, 0.29) is 5.82 Å². The van der Waals surface area contributed by atoms with Gasteiger partial charge in [0.15, 0.2) is 0 Å². The Hall–Kier alpha value is -1.95. The van der Waals surface area contributed by atoms with Crippen LogP contribution in [0.2, 0.25) is 0 Å². The average molecular weight is 276 g/mol. The quantitative estimate of drug-likeness (QED) is 0.768. The fourth-order valence-electron chi connectivity index (χ4n) is 1.88. The molecular formula is C13H13FN4S. The number of anilines is 1. The highest BCUT2D eigenvalue weighted by atomic mass is 32.1. The number of aromatic amines is 1. The lowest BCUT2D eigenvalue weighted by molar-refractivity contribution is 0.629. The lowest BCUT2D eigenvalue weighted by atomic mass is 10.2. The number of imidazole rings is 1. The number of benzene rings is 1. The number of nitrogens with zero attached hydrogens (tertiary/aromatic N) is 2. The summed E-state index contributed by atoms with van der Waals surface area (Å²) in [5.41, 5.74) is 1.45. The van der Waals surface area contributed by atoms with Gasteiger partial charge < -0.3 is 10.3 Å². The van der Waals surface area contributed by atoms with Gasteiger partial charge in [0, 0.05) is 24.0 Å². The van der Waals surface area contributed by atoms with Crippen LogP contribution >= 0.6 is 11.3 Å². The van der Waals surface area contributed by atoms with E-state index in [4.69, 9.17) is 0 Å². The van der Waals surface area contributed by atoms with Crippen LogP contribution in [0.4, 0.5) is 10.3 Å². The number of hydrogen-bond donors (Lipinski definition) is 2. The molecule has 0 amide bonds. The molecule has 2 N–H and O–H groups in total. The maximum Gasteiger partial charge on any atom is 0.201 e. The molecule has 1 atom stereocenters. The van der Waals surface area contributed by atoms with Gasteiger partial charge in [0.1, 0.15) is 5.82 Å². The first-order chi connectivity index (χ1) is 9.22. The van der Waals surface area contributed by atoms with Crippen molar-refractivity contribution in [3.63, 3.8) is 0 Å². The molecule has 0 saturated carbocycles. The Labute approximate surface area is 113 Å². The Morgan fingerprint density at radius 3 is 3.16 bits per heavy atom. The van der Waals surface area contributed by atoms with Gasteiger partial charge in [-0.25, -0.2) is 14.4 Å². The molecule has 2 heterocycles. The van der Waals surface area contributed by atoms with E-state index in [1.165, 1.54) is 12.1 Å². The van der Waals surface area contributed by atoms with Crippen LogP contribution in [0.1, 0.15) is 17.8 Å². The van der Waals surface area contributed by atoms with E-state index in [9.17, 15) is 4.39 Å². The average Bonchev–Trinajstić information content (AvgIpc) is 3.04. The predicted molar refractivity (Wildman–Crippen MR) is 75.1 cm³/mol. The molecular weight excluding hydrogens is 263 g/mol. The molecule has 3 rings (SSSR count). The molecule has 0 aliphatic heterocycles. The number of hydrogen-bond acceptors (Lipinski definition) is 4. The Bertz CT molecular complexity index is 677. The lowest BCUT2D eigenvalue weighted by Gasteiger charge is -2.08. The fraction of sp³-hybridized carbons (Fsp3) is 0.231. The summed E-state index contributed by atoms with van der Waals surface area (Å²) in [6.45, 7) is 2.84. The van der Waals surface area contributed by atoms with Crippen LogP contribution in [0.3, 0.4) is 0 Å². The topological polar surface area (TPSA) is 53.6 Å². The van der Waals surface area contributed by atoms with Crippen molar-refractivity contribution in [1.82, 2.24) is 15.0 Å². The van der Waals surface area contributed by atoms with Crippen LogP contribution in [0.25, 0.3) is 11.0 Å². The second-order valence-electron chi connectivity index (χ2n) is 4.40. The predicted octanol–water partition coefficient (Wildman–Crippen LogP) is 3.37. The maximum atomic E-state index is 13.1. The van der Waals surface area contributed by atoms with Crippen molar-refractivity contribution in [3.8, 4) is 0 Å². The second-order valence-corrected chi connectivity index (χ2v) is 5.33. The first-order valence-corrected chi connectivity index (χ1v) is 6.89. The van der Waals surface area contributed by atoms with Gasteiger partial charge in [-0.2, -0.15) is 0 Å². The molecule has 1 aromatic carbocycles. The SMILES string of the molecule is CC(CNc1nc2ccc(F)cc2[nH]1)c1nccs1. The van der Waals surface area contributed by atoms with E-state index in [0.717, 1.165) is 17.1 Å². The van der Waals surface area contributed by atoms with Crippen molar-refractivity contribution in [3.05, 3.63) is 40.6 Å². The molecule has 19 heavy (non-hydrogen) atoms. The fourth-order valence-corrected chi connectivity index (χ4v) is 2.58. The minimum Gasteiger partial charge on any atom is -0.355 e. The highest BCUT2D eigenvalue weighted by Gasteiger charge is 2.09. The Morgan fingerprint density at radius 1 is 1.47 bits per heavy atom. The van der Waals surface area contributed by atoms with Crippen LogP contribution in [0.15, 0.2) is 29.8 Å². The number of thiazole rings is 1. The van der Waals surface area contributed by atoms with Gasteiger partial charge in [-0.05, 0) is 18.2 Å². The summed E-state index contributed by atoms with van der Waals surface area (Å²) in [5, 5.41) is 6.28. The summed E-state index contributed by atoms with van der Waals surface area (Å²) in [6.07, 6.45) is 1.81. The molecule has 6 heteroatoms. The van der Waals surface area contributed by atoms with Gasteiger partial charge in [-0.3, -0.25) is 0 Å². The van der Waals surface area contributed by atoms with Crippen LogP contribution in [0.5, 0.6) is 0 Å². The summed E-state index contributed by atoms with van der Waals surface area (Å²) in [6, 6.07) is 4.51. The minimum atomic E-state index is -0.265. The van der Waals surface area contributed by atoms with Crippen LogP contribution < -0.4 is 5.32 Å². The van der Waals surface area contributed by atoms with Gasteiger partial charge in [0.05, 0.1) is 16.0 Å². The van der Waals surface area contributed by atoms with E-state index in [2.05, 4.69) is 27.2 Å². The molecule has 0 aliphatic rings. The zero-order chi connectivity index (χ0) is 13.2. The summed E-state index contributed by atoms with van der Waals surface area (Å²) in [7, 11) is 0. The number of rotatable bonds is 4. The van der Waals surface area contributed by atoms with Gasteiger partial charge in [-0.1, -0.05) is 6.92 Å². The van der Waals surface area contributed by atoms with E-state index < -0.39 is 0 Å². The van der Waals surface area contributed by atoms with Crippen molar-refractivity contribution in [2.24, 2.45) is 0 Å². The third kappa shape index (κ3) is 2.58. The molecule has 98 valence electrons. The van der Waals surface area contributed by atoms with Gasteiger partial charge in [-0.15, -0.1) is 11.3 Å². The zero-order valence-electron chi connectivity index (χ0n) is 10.4. The summed E-state index contributed by atoms with van der Waals surface area (Å²) >= 11 is 1.64. The number of nitrogens with one attached hydrogen (secondary N) is 2. The first-order valence-electron chi connectivity index (χ1n) is 6.01. The summed E-state index contributed by atoms with van der Waals surface area (Å²) < 4.78 is 13.1. The van der Waals surface area contributed by atoms with E-state index in [1.54, 1.807) is 23.6 Å². The minimum absolute atomic E-state index is 0.265. The third-order valence-electron chi connectivity index (χ3n) is 2.89. The Morgan fingerprint density at radius 2 is 2.37 bits per heavy atom. The highest BCUT2D eigenvalue weighted by Crippen LogP contribution is 2.19. The number of fused-ring (bicyclic) bond motifs is 1. The molecule has 0 bridgehead atoms. The zero-order valence-corrected chi connectivity index (χ0v) is 11.2. The van der Waals surface area contributed by atoms with E-state index in [1.807, 2.05) is 5.38 Å². The number of H-pyrrole nitrogens is 1. The molecule has 0 radical (unpaired) electrons. The van der Waals surface area contributed by atoms with Gasteiger partial charge in [0.2, 0.25) is 5.95 Å². The van der Waals surface area contributed by atoms with Gasteiger partial charge >= 0.3 is 0 Å². The van der Waals surface area contributed by atoms with Crippen LogP contribution in [-0.4, -0.2) is 21.5 Å². The third-order valence-corrected chi connectivity index (χ3v) is 3.90. The van der Waals surface area contributed by atoms with Crippen molar-refractivity contribution in [2.45, 2.75) is 12.8 Å².